The molecule has 4 nitrogen and oxygen atoms in total. The summed E-state index contributed by atoms with van der Waals surface area (Å²) >= 11 is 0. The summed E-state index contributed by atoms with van der Waals surface area (Å²) in [5.74, 6) is -12.2. The third-order valence-corrected chi connectivity index (χ3v) is 3.45. The summed E-state index contributed by atoms with van der Waals surface area (Å²) in [6.07, 6.45) is 3.69. The number of carbonyl (C=O) groups is 2. The van der Waals surface area contributed by atoms with Crippen molar-refractivity contribution in [3.63, 3.8) is 0 Å². The van der Waals surface area contributed by atoms with Crippen molar-refractivity contribution in [1.29, 1.82) is 0 Å². The number of nitrogens with zero attached hydrogens (tertiary/aromatic N) is 1. The molecular formula is C15H13F5N2O2. The van der Waals surface area contributed by atoms with Crippen molar-refractivity contribution in [2.45, 2.75) is 19.3 Å². The van der Waals surface area contributed by atoms with Crippen molar-refractivity contribution in [2.75, 3.05) is 18.4 Å². The maximum absolute atomic E-state index is 13.4. The topological polar surface area (TPSA) is 49.4 Å². The molecule has 0 saturated heterocycles. The fourth-order valence-electron chi connectivity index (χ4n) is 2.16. The van der Waals surface area contributed by atoms with Gasteiger partial charge in [0.1, 0.15) is 5.69 Å². The smallest absolute Gasteiger partial charge is 0.225 e. The lowest BCUT2D eigenvalue weighted by atomic mass is 10.2. The molecule has 1 heterocycles. The number of hydrogen-bond donors (Lipinski definition) is 1. The predicted octanol–water partition coefficient (Wildman–Crippen LogP) is 2.89. The van der Waals surface area contributed by atoms with E-state index in [4.69, 9.17) is 0 Å². The molecule has 0 fully saturated rings. The van der Waals surface area contributed by atoms with Gasteiger partial charge in [-0.1, -0.05) is 12.2 Å². The molecule has 1 aliphatic heterocycles. The van der Waals surface area contributed by atoms with Crippen LogP contribution in [0.25, 0.3) is 0 Å². The van der Waals surface area contributed by atoms with Crippen LogP contribution in [0.1, 0.15) is 19.3 Å². The fraction of sp³-hybridized carbons (Fsp3) is 0.333. The number of nitrogens with one attached hydrogen (secondary N) is 1. The molecule has 0 aromatic heterocycles. The number of rotatable bonds is 4. The zero-order chi connectivity index (χ0) is 17.9. The van der Waals surface area contributed by atoms with Gasteiger partial charge in [0.25, 0.3) is 0 Å². The molecule has 1 N–H and O–H groups in total. The zero-order valence-electron chi connectivity index (χ0n) is 12.3. The summed E-state index contributed by atoms with van der Waals surface area (Å²) in [6.45, 7) is 0.896. The van der Waals surface area contributed by atoms with Gasteiger partial charge in [0.05, 0.1) is 0 Å². The maximum Gasteiger partial charge on any atom is 0.225 e. The van der Waals surface area contributed by atoms with Crippen molar-refractivity contribution in [1.82, 2.24) is 4.90 Å². The fourth-order valence-corrected chi connectivity index (χ4v) is 2.16. The Labute approximate surface area is 133 Å². The lowest BCUT2D eigenvalue weighted by molar-refractivity contribution is -0.132. The maximum atomic E-state index is 13.4. The average Bonchev–Trinajstić information content (AvgIpc) is 2.60. The lowest BCUT2D eigenvalue weighted by Gasteiger charge is -2.23. The third-order valence-electron chi connectivity index (χ3n) is 3.45. The van der Waals surface area contributed by atoms with Gasteiger partial charge in [0, 0.05) is 25.9 Å². The molecule has 24 heavy (non-hydrogen) atoms. The molecular weight excluding hydrogens is 335 g/mol. The molecule has 0 bridgehead atoms. The molecule has 0 radical (unpaired) electrons. The molecule has 0 spiro atoms. The van der Waals surface area contributed by atoms with E-state index >= 15 is 0 Å². The van der Waals surface area contributed by atoms with Gasteiger partial charge in [-0.15, -0.1) is 0 Å². The molecule has 0 atom stereocenters. The Hall–Kier alpha value is -2.45. The highest BCUT2D eigenvalue weighted by Crippen LogP contribution is 2.27. The molecule has 2 rings (SSSR count). The first-order chi connectivity index (χ1) is 11.3. The largest absolute Gasteiger partial charge is 0.339 e. The minimum Gasteiger partial charge on any atom is -0.339 e. The first-order valence-electron chi connectivity index (χ1n) is 7.07. The lowest BCUT2D eigenvalue weighted by Crippen LogP contribution is -2.34. The Bertz CT molecular complexity index is 677. The van der Waals surface area contributed by atoms with Crippen LogP contribution in [0, 0.1) is 29.1 Å². The van der Waals surface area contributed by atoms with E-state index in [1.807, 2.05) is 6.08 Å². The van der Waals surface area contributed by atoms with Crippen molar-refractivity contribution in [3.05, 3.63) is 41.2 Å². The summed E-state index contributed by atoms with van der Waals surface area (Å²) < 4.78 is 65.8. The van der Waals surface area contributed by atoms with Crippen LogP contribution in [0.2, 0.25) is 0 Å². The molecule has 1 aromatic rings. The summed E-state index contributed by atoms with van der Waals surface area (Å²) in [4.78, 5) is 25.0. The van der Waals surface area contributed by atoms with Crippen LogP contribution in [0.3, 0.4) is 0 Å². The standard InChI is InChI=1S/C15H13F5N2O2/c16-10-11(17)13(19)15(14(20)12(10)18)21-8(23)4-5-9(24)22-6-2-1-3-7-22/h1-2H,3-7H2,(H,21,23). The number of carbonyl (C=O) groups excluding carboxylic acids is 2. The Morgan fingerprint density at radius 2 is 1.50 bits per heavy atom. The number of benzene rings is 1. The SMILES string of the molecule is O=C(CCC(=O)N1CC=CCC1)Nc1c(F)c(F)c(F)c(F)c1F. The first kappa shape index (κ1) is 17.9. The first-order valence-corrected chi connectivity index (χ1v) is 7.07. The summed E-state index contributed by atoms with van der Waals surface area (Å²) in [6, 6.07) is 0. The van der Waals surface area contributed by atoms with Gasteiger partial charge in [-0.25, -0.2) is 22.0 Å². The molecule has 130 valence electrons. The highest BCUT2D eigenvalue weighted by molar-refractivity contribution is 5.93. The van der Waals surface area contributed by atoms with Crippen LogP contribution in [0.15, 0.2) is 12.2 Å². The molecule has 1 aromatic carbocycles. The van der Waals surface area contributed by atoms with Crippen molar-refractivity contribution in [3.8, 4) is 0 Å². The van der Waals surface area contributed by atoms with Crippen LogP contribution in [0.4, 0.5) is 27.6 Å². The molecule has 1 aliphatic rings. The predicted molar refractivity (Wildman–Crippen MR) is 74.4 cm³/mol. The number of anilines is 1. The minimum absolute atomic E-state index is 0.241. The van der Waals surface area contributed by atoms with E-state index in [-0.39, 0.29) is 12.3 Å². The van der Waals surface area contributed by atoms with E-state index in [1.165, 1.54) is 4.90 Å². The minimum atomic E-state index is -2.31. The summed E-state index contributed by atoms with van der Waals surface area (Å²) in [7, 11) is 0. The average molecular weight is 348 g/mol. The van der Waals surface area contributed by atoms with Gasteiger partial charge < -0.3 is 10.2 Å². The Morgan fingerprint density at radius 3 is 2.04 bits per heavy atom. The van der Waals surface area contributed by atoms with Crippen LogP contribution < -0.4 is 5.32 Å². The van der Waals surface area contributed by atoms with Crippen molar-refractivity contribution >= 4 is 17.5 Å². The molecule has 9 heteroatoms. The van der Waals surface area contributed by atoms with Crippen LogP contribution in [0.5, 0.6) is 0 Å². The van der Waals surface area contributed by atoms with Gasteiger partial charge in [-0.3, -0.25) is 9.59 Å². The number of hydrogen-bond acceptors (Lipinski definition) is 2. The monoisotopic (exact) mass is 348 g/mol. The van der Waals surface area contributed by atoms with E-state index in [2.05, 4.69) is 0 Å². The second-order valence-electron chi connectivity index (χ2n) is 5.09. The summed E-state index contributed by atoms with van der Waals surface area (Å²) in [5, 5.41) is 1.63. The highest BCUT2D eigenvalue weighted by atomic mass is 19.2. The van der Waals surface area contributed by atoms with Crippen molar-refractivity contribution in [2.24, 2.45) is 0 Å². The van der Waals surface area contributed by atoms with E-state index < -0.39 is 47.1 Å². The Morgan fingerprint density at radius 1 is 0.917 bits per heavy atom. The Kier molecular flexibility index (Phi) is 5.53. The second-order valence-corrected chi connectivity index (χ2v) is 5.09. The van der Waals surface area contributed by atoms with Crippen molar-refractivity contribution < 1.29 is 31.5 Å². The Balaban J connectivity index is 2.00. The van der Waals surface area contributed by atoms with Gasteiger partial charge in [-0.2, -0.15) is 0 Å². The highest BCUT2D eigenvalue weighted by Gasteiger charge is 2.27. The van der Waals surface area contributed by atoms with E-state index in [9.17, 15) is 31.5 Å². The van der Waals surface area contributed by atoms with Crippen LogP contribution >= 0.6 is 0 Å². The van der Waals surface area contributed by atoms with Crippen LogP contribution in [-0.2, 0) is 9.59 Å². The molecule has 2 amide bonds. The number of amides is 2. The normalized spacial score (nSPS) is 14.0. The van der Waals surface area contributed by atoms with Gasteiger partial charge >= 0.3 is 0 Å². The van der Waals surface area contributed by atoms with Crippen LogP contribution in [-0.4, -0.2) is 29.8 Å². The van der Waals surface area contributed by atoms with E-state index in [0.717, 1.165) is 0 Å². The van der Waals surface area contributed by atoms with E-state index in [1.54, 1.807) is 11.4 Å². The van der Waals surface area contributed by atoms with E-state index in [0.29, 0.717) is 19.5 Å². The van der Waals surface area contributed by atoms with Gasteiger partial charge in [0.15, 0.2) is 23.3 Å². The zero-order valence-corrected chi connectivity index (χ0v) is 12.3. The number of halogens is 5. The summed E-state index contributed by atoms with van der Waals surface area (Å²) in [5.41, 5.74) is -1.43. The molecule has 0 unspecified atom stereocenters. The van der Waals surface area contributed by atoms with Gasteiger partial charge in [-0.05, 0) is 6.42 Å². The molecule has 0 saturated carbocycles. The quantitative estimate of drug-likeness (QED) is 0.394. The second kappa shape index (κ2) is 7.41. The third kappa shape index (κ3) is 3.72. The molecule has 0 aliphatic carbocycles. The van der Waals surface area contributed by atoms with Gasteiger partial charge in [0.2, 0.25) is 17.6 Å².